The molecule has 0 aliphatic carbocycles. The monoisotopic (exact) mass is 547 g/mol. The average Bonchev–Trinajstić information content (AvgIpc) is 3.52. The van der Waals surface area contributed by atoms with Crippen LogP contribution >= 0.6 is 11.6 Å². The molecule has 1 fully saturated rings. The molecular formula is C24H21ClF3N7O3. The van der Waals surface area contributed by atoms with Crippen LogP contribution in [0.1, 0.15) is 33.6 Å². The minimum absolute atomic E-state index is 0.0379. The van der Waals surface area contributed by atoms with Crippen molar-refractivity contribution in [1.82, 2.24) is 29.3 Å². The summed E-state index contributed by atoms with van der Waals surface area (Å²) in [4.78, 5) is 32.1. The molecule has 1 aliphatic heterocycles. The van der Waals surface area contributed by atoms with Gasteiger partial charge in [-0.15, -0.1) is 0 Å². The number of benzene rings is 1. The van der Waals surface area contributed by atoms with Crippen LogP contribution in [0.15, 0.2) is 42.6 Å². The molecular weight excluding hydrogens is 527 g/mol. The number of carbonyl (C=O) groups is 2. The van der Waals surface area contributed by atoms with Gasteiger partial charge in [-0.1, -0.05) is 23.7 Å². The van der Waals surface area contributed by atoms with Crippen molar-refractivity contribution in [2.24, 2.45) is 0 Å². The Kier molecular flexibility index (Phi) is 6.80. The van der Waals surface area contributed by atoms with Gasteiger partial charge in [-0.05, 0) is 25.1 Å². The number of aromatic nitrogens is 5. The summed E-state index contributed by atoms with van der Waals surface area (Å²) in [5.41, 5.74) is -0.867. The summed E-state index contributed by atoms with van der Waals surface area (Å²) < 4.78 is 49.1. The zero-order valence-electron chi connectivity index (χ0n) is 20.0. The van der Waals surface area contributed by atoms with E-state index in [4.69, 9.17) is 16.3 Å². The van der Waals surface area contributed by atoms with Crippen LogP contribution in [0.4, 0.5) is 18.9 Å². The molecule has 0 bridgehead atoms. The number of aryl methyl sites for hydroxylation is 1. The molecule has 38 heavy (non-hydrogen) atoms. The van der Waals surface area contributed by atoms with Crippen LogP contribution in [-0.2, 0) is 17.5 Å². The maximum atomic E-state index is 13.9. The molecule has 4 aromatic rings. The number of halogens is 4. The molecule has 14 heteroatoms. The largest absolute Gasteiger partial charge is 0.433 e. The summed E-state index contributed by atoms with van der Waals surface area (Å²) in [6.45, 7) is 3.70. The molecule has 0 radical (unpaired) electrons. The number of hydrogen-bond acceptors (Lipinski definition) is 6. The van der Waals surface area contributed by atoms with Gasteiger partial charge in [0.25, 0.3) is 11.8 Å². The van der Waals surface area contributed by atoms with Crippen LogP contribution in [0.25, 0.3) is 16.9 Å². The Morgan fingerprint density at radius 3 is 2.50 bits per heavy atom. The van der Waals surface area contributed by atoms with E-state index in [1.165, 1.54) is 23.0 Å². The van der Waals surface area contributed by atoms with E-state index < -0.39 is 17.8 Å². The second-order valence-corrected chi connectivity index (χ2v) is 8.85. The number of morpholine rings is 1. The van der Waals surface area contributed by atoms with Gasteiger partial charge in [0.1, 0.15) is 5.69 Å². The van der Waals surface area contributed by atoms with Crippen molar-refractivity contribution in [3.8, 4) is 11.3 Å². The fourth-order valence-corrected chi connectivity index (χ4v) is 4.23. The number of rotatable bonds is 5. The lowest BCUT2D eigenvalue weighted by Gasteiger charge is -2.27. The topological polar surface area (TPSA) is 107 Å². The lowest BCUT2D eigenvalue weighted by atomic mass is 10.1. The molecule has 1 aliphatic rings. The van der Waals surface area contributed by atoms with Crippen LogP contribution in [0.5, 0.6) is 0 Å². The minimum Gasteiger partial charge on any atom is -0.378 e. The summed E-state index contributed by atoms with van der Waals surface area (Å²) in [6, 6.07) is 8.18. The molecule has 0 spiro atoms. The van der Waals surface area contributed by atoms with Gasteiger partial charge in [0, 0.05) is 36.3 Å². The number of carbonyl (C=O) groups excluding carboxylic acids is 2. The molecule has 1 aromatic carbocycles. The van der Waals surface area contributed by atoms with Gasteiger partial charge in [0.2, 0.25) is 0 Å². The first-order chi connectivity index (χ1) is 18.2. The second kappa shape index (κ2) is 10.1. The van der Waals surface area contributed by atoms with Crippen LogP contribution in [0.2, 0.25) is 5.02 Å². The van der Waals surface area contributed by atoms with Crippen molar-refractivity contribution >= 4 is 34.7 Å². The zero-order valence-corrected chi connectivity index (χ0v) is 20.8. The first kappa shape index (κ1) is 25.7. The van der Waals surface area contributed by atoms with Crippen LogP contribution in [-0.4, -0.2) is 67.4 Å². The molecule has 0 unspecified atom stereocenters. The summed E-state index contributed by atoms with van der Waals surface area (Å²) in [5, 5.41) is 11.0. The summed E-state index contributed by atoms with van der Waals surface area (Å²) in [5.74, 6) is -1.16. The van der Waals surface area contributed by atoms with E-state index in [9.17, 15) is 22.8 Å². The smallest absolute Gasteiger partial charge is 0.378 e. The van der Waals surface area contributed by atoms with Crippen molar-refractivity contribution in [3.63, 3.8) is 0 Å². The molecule has 0 saturated carbocycles. The first-order valence-corrected chi connectivity index (χ1v) is 12.0. The molecule has 198 valence electrons. The maximum absolute atomic E-state index is 13.9. The number of alkyl halides is 3. The lowest BCUT2D eigenvalue weighted by molar-refractivity contribution is -0.142. The fourth-order valence-electron chi connectivity index (χ4n) is 4.10. The number of nitrogens with one attached hydrogen (secondary N) is 1. The molecule has 10 nitrogen and oxygen atoms in total. The number of nitrogens with zero attached hydrogens (tertiary/aromatic N) is 6. The van der Waals surface area contributed by atoms with E-state index >= 15 is 0 Å². The SMILES string of the molecule is CCn1ncc(NC(=O)c2cc3nc(-c4ccc(Cl)cc4)cc(C(F)(F)F)n3n2)c1C(=O)N1CCOCC1. The third kappa shape index (κ3) is 4.94. The normalized spacial score (nSPS) is 14.2. The van der Waals surface area contributed by atoms with Gasteiger partial charge in [-0.25, -0.2) is 9.50 Å². The standard InChI is InChI=1S/C24H21ClF3N7O3/c1-2-34-21(23(37)33-7-9-38-10-8-33)18(13-29-34)31-22(36)17-12-20-30-16(14-3-5-15(25)6-4-14)11-19(24(26,27)28)35(20)32-17/h3-6,11-13H,2,7-10H2,1H3,(H,31,36). The average molecular weight is 548 g/mol. The predicted molar refractivity (Wildman–Crippen MR) is 131 cm³/mol. The minimum atomic E-state index is -4.78. The zero-order chi connectivity index (χ0) is 27.0. The molecule has 3 aromatic heterocycles. The van der Waals surface area contributed by atoms with E-state index in [2.05, 4.69) is 20.5 Å². The van der Waals surface area contributed by atoms with Crippen LogP contribution in [0.3, 0.4) is 0 Å². The third-order valence-corrected chi connectivity index (χ3v) is 6.23. The highest BCUT2D eigenvalue weighted by atomic mass is 35.5. The van der Waals surface area contributed by atoms with Crippen molar-refractivity contribution in [1.29, 1.82) is 0 Å². The molecule has 5 rings (SSSR count). The Hall–Kier alpha value is -3.97. The van der Waals surface area contributed by atoms with Crippen LogP contribution in [0, 0.1) is 0 Å². The number of ether oxygens (including phenoxy) is 1. The Labute approximate surface area is 219 Å². The van der Waals surface area contributed by atoms with Gasteiger partial charge in [0.15, 0.2) is 17.0 Å². The fraction of sp³-hybridized carbons (Fsp3) is 0.292. The van der Waals surface area contributed by atoms with Gasteiger partial charge in [0.05, 0.1) is 30.8 Å². The first-order valence-electron chi connectivity index (χ1n) is 11.6. The van der Waals surface area contributed by atoms with Gasteiger partial charge < -0.3 is 15.0 Å². The second-order valence-electron chi connectivity index (χ2n) is 8.41. The van der Waals surface area contributed by atoms with Crippen molar-refractivity contribution in [2.45, 2.75) is 19.6 Å². The molecule has 1 saturated heterocycles. The Balaban J connectivity index is 1.50. The number of amides is 2. The van der Waals surface area contributed by atoms with E-state index in [1.54, 1.807) is 24.0 Å². The lowest BCUT2D eigenvalue weighted by Crippen LogP contribution is -2.41. The molecule has 4 heterocycles. The van der Waals surface area contributed by atoms with Gasteiger partial charge >= 0.3 is 6.18 Å². The molecule has 0 atom stereocenters. The van der Waals surface area contributed by atoms with Gasteiger partial charge in [-0.2, -0.15) is 23.4 Å². The number of hydrogen-bond donors (Lipinski definition) is 1. The molecule has 2 amide bonds. The maximum Gasteiger partial charge on any atom is 0.433 e. The van der Waals surface area contributed by atoms with E-state index in [0.29, 0.717) is 47.9 Å². The molecule has 1 N–H and O–H groups in total. The Morgan fingerprint density at radius 2 is 1.84 bits per heavy atom. The summed E-state index contributed by atoms with van der Waals surface area (Å²) in [7, 11) is 0. The quantitative estimate of drug-likeness (QED) is 0.405. The van der Waals surface area contributed by atoms with E-state index in [-0.39, 0.29) is 34.3 Å². The van der Waals surface area contributed by atoms with Crippen molar-refractivity contribution < 1.29 is 27.5 Å². The number of fused-ring (bicyclic) bond motifs is 1. The van der Waals surface area contributed by atoms with E-state index in [1.807, 2.05) is 0 Å². The van der Waals surface area contributed by atoms with E-state index in [0.717, 1.165) is 12.1 Å². The summed E-state index contributed by atoms with van der Waals surface area (Å²) in [6.07, 6.45) is -3.45. The number of anilines is 1. The Morgan fingerprint density at radius 1 is 1.13 bits per heavy atom. The van der Waals surface area contributed by atoms with Gasteiger partial charge in [-0.3, -0.25) is 14.3 Å². The highest BCUT2D eigenvalue weighted by Crippen LogP contribution is 2.32. The van der Waals surface area contributed by atoms with Crippen molar-refractivity contribution in [2.75, 3.05) is 31.6 Å². The van der Waals surface area contributed by atoms with Crippen molar-refractivity contribution in [3.05, 3.63) is 64.7 Å². The summed E-state index contributed by atoms with van der Waals surface area (Å²) >= 11 is 5.89. The Bertz CT molecular complexity index is 1510. The highest BCUT2D eigenvalue weighted by Gasteiger charge is 2.36. The van der Waals surface area contributed by atoms with Crippen LogP contribution < -0.4 is 5.32 Å². The highest BCUT2D eigenvalue weighted by molar-refractivity contribution is 6.30. The predicted octanol–water partition coefficient (Wildman–Crippen LogP) is 4.01. The third-order valence-electron chi connectivity index (χ3n) is 5.98.